The SMILES string of the molecule is COc1cc(O)c(C(=O)c2c(C)cc(O)cc2O)c(O)c1. The lowest BCUT2D eigenvalue weighted by molar-refractivity contribution is 0.103. The Morgan fingerprint density at radius 1 is 0.905 bits per heavy atom. The van der Waals surface area contributed by atoms with E-state index in [-0.39, 0.29) is 22.6 Å². The van der Waals surface area contributed by atoms with E-state index in [1.54, 1.807) is 0 Å². The highest BCUT2D eigenvalue weighted by Crippen LogP contribution is 2.37. The summed E-state index contributed by atoms with van der Waals surface area (Å²) in [6, 6.07) is 4.67. The molecule has 2 aromatic carbocycles. The van der Waals surface area contributed by atoms with Crippen molar-refractivity contribution in [2.75, 3.05) is 7.11 Å². The molecule has 21 heavy (non-hydrogen) atoms. The van der Waals surface area contributed by atoms with Crippen LogP contribution in [0.25, 0.3) is 0 Å². The van der Waals surface area contributed by atoms with E-state index in [1.165, 1.54) is 32.2 Å². The highest BCUT2D eigenvalue weighted by molar-refractivity contribution is 6.14. The second-order valence-electron chi connectivity index (χ2n) is 4.53. The molecule has 0 bridgehead atoms. The summed E-state index contributed by atoms with van der Waals surface area (Å²) in [5.74, 6) is -2.14. The fourth-order valence-electron chi connectivity index (χ4n) is 2.11. The third-order valence-electron chi connectivity index (χ3n) is 3.06. The number of phenols is 4. The molecule has 0 saturated heterocycles. The summed E-state index contributed by atoms with van der Waals surface area (Å²) in [7, 11) is 1.35. The Morgan fingerprint density at radius 3 is 1.90 bits per heavy atom. The number of hydrogen-bond acceptors (Lipinski definition) is 6. The van der Waals surface area contributed by atoms with Crippen LogP contribution in [0.1, 0.15) is 21.5 Å². The van der Waals surface area contributed by atoms with Crippen LogP contribution in [0.2, 0.25) is 0 Å². The molecule has 0 saturated carbocycles. The van der Waals surface area contributed by atoms with E-state index in [0.717, 1.165) is 6.07 Å². The van der Waals surface area contributed by atoms with Gasteiger partial charge in [0.1, 0.15) is 34.3 Å². The van der Waals surface area contributed by atoms with Gasteiger partial charge < -0.3 is 25.2 Å². The van der Waals surface area contributed by atoms with Gasteiger partial charge in [0.2, 0.25) is 5.78 Å². The number of benzene rings is 2. The number of hydrogen-bond donors (Lipinski definition) is 4. The molecule has 0 aliphatic carbocycles. The zero-order valence-electron chi connectivity index (χ0n) is 11.4. The van der Waals surface area contributed by atoms with Crippen molar-refractivity contribution in [3.05, 3.63) is 41.0 Å². The van der Waals surface area contributed by atoms with Gasteiger partial charge in [0.15, 0.2) is 0 Å². The van der Waals surface area contributed by atoms with Crippen LogP contribution >= 0.6 is 0 Å². The molecule has 0 aliphatic rings. The lowest BCUT2D eigenvalue weighted by Gasteiger charge is -2.12. The summed E-state index contributed by atoms with van der Waals surface area (Å²) >= 11 is 0. The highest BCUT2D eigenvalue weighted by atomic mass is 16.5. The number of aromatic hydroxyl groups is 4. The average Bonchev–Trinajstić information content (AvgIpc) is 2.36. The third kappa shape index (κ3) is 2.55. The first-order valence-electron chi connectivity index (χ1n) is 6.02. The van der Waals surface area contributed by atoms with Crippen molar-refractivity contribution in [2.24, 2.45) is 0 Å². The van der Waals surface area contributed by atoms with E-state index in [1.807, 2.05) is 0 Å². The number of carbonyl (C=O) groups excluding carboxylic acids is 1. The van der Waals surface area contributed by atoms with Gasteiger partial charge in [-0.1, -0.05) is 0 Å². The molecule has 0 atom stereocenters. The highest BCUT2D eigenvalue weighted by Gasteiger charge is 2.24. The molecular formula is C15H14O6. The second kappa shape index (κ2) is 5.24. The number of aryl methyl sites for hydroxylation is 1. The summed E-state index contributed by atoms with van der Waals surface area (Å²) in [5.41, 5.74) is -0.143. The molecule has 4 N–H and O–H groups in total. The maximum absolute atomic E-state index is 12.4. The predicted molar refractivity (Wildman–Crippen MR) is 74.3 cm³/mol. The van der Waals surface area contributed by atoms with Crippen molar-refractivity contribution in [2.45, 2.75) is 6.92 Å². The summed E-state index contributed by atoms with van der Waals surface area (Å²) in [5, 5.41) is 38.9. The quantitative estimate of drug-likeness (QED) is 0.644. The molecule has 0 unspecified atom stereocenters. The molecule has 2 aromatic rings. The van der Waals surface area contributed by atoms with Gasteiger partial charge in [-0.05, 0) is 18.6 Å². The van der Waals surface area contributed by atoms with Crippen molar-refractivity contribution < 1.29 is 30.0 Å². The Labute approximate surface area is 120 Å². The van der Waals surface area contributed by atoms with E-state index in [0.29, 0.717) is 5.56 Å². The van der Waals surface area contributed by atoms with Crippen molar-refractivity contribution in [1.82, 2.24) is 0 Å². The first kappa shape index (κ1) is 14.5. The van der Waals surface area contributed by atoms with Crippen molar-refractivity contribution in [3.63, 3.8) is 0 Å². The molecule has 0 amide bonds. The molecular weight excluding hydrogens is 276 g/mol. The minimum atomic E-state index is -0.761. The van der Waals surface area contributed by atoms with Crippen molar-refractivity contribution in [1.29, 1.82) is 0 Å². The Kier molecular flexibility index (Phi) is 3.62. The average molecular weight is 290 g/mol. The number of ether oxygens (including phenoxy) is 1. The van der Waals surface area contributed by atoms with E-state index < -0.39 is 23.0 Å². The van der Waals surface area contributed by atoms with Crippen LogP contribution in [0, 0.1) is 6.92 Å². The number of carbonyl (C=O) groups is 1. The van der Waals surface area contributed by atoms with Gasteiger partial charge in [-0.25, -0.2) is 0 Å². The van der Waals surface area contributed by atoms with Crippen molar-refractivity contribution in [3.8, 4) is 28.7 Å². The summed E-state index contributed by atoms with van der Waals surface area (Å²) in [4.78, 5) is 12.4. The van der Waals surface area contributed by atoms with Crippen LogP contribution in [0.15, 0.2) is 24.3 Å². The maximum atomic E-state index is 12.4. The molecule has 6 heteroatoms. The Morgan fingerprint density at radius 2 is 1.43 bits per heavy atom. The molecule has 0 spiro atoms. The minimum absolute atomic E-state index is 0.108. The molecule has 2 rings (SSSR count). The van der Waals surface area contributed by atoms with Crippen LogP contribution < -0.4 is 4.74 Å². The zero-order chi connectivity index (χ0) is 15.7. The fraction of sp³-hybridized carbons (Fsp3) is 0.133. The molecule has 6 nitrogen and oxygen atoms in total. The monoisotopic (exact) mass is 290 g/mol. The second-order valence-corrected chi connectivity index (χ2v) is 4.53. The molecule has 0 aromatic heterocycles. The normalized spacial score (nSPS) is 10.4. The Bertz CT molecular complexity index is 674. The number of methoxy groups -OCH3 is 1. The largest absolute Gasteiger partial charge is 0.508 e. The van der Waals surface area contributed by atoms with E-state index >= 15 is 0 Å². The van der Waals surface area contributed by atoms with Gasteiger partial charge in [0.05, 0.1) is 12.7 Å². The van der Waals surface area contributed by atoms with Gasteiger partial charge >= 0.3 is 0 Å². The lowest BCUT2D eigenvalue weighted by Crippen LogP contribution is -2.05. The summed E-state index contributed by atoms with van der Waals surface area (Å²) in [6.07, 6.45) is 0. The summed E-state index contributed by atoms with van der Waals surface area (Å²) < 4.78 is 4.87. The van der Waals surface area contributed by atoms with Crippen LogP contribution in [-0.4, -0.2) is 33.3 Å². The summed E-state index contributed by atoms with van der Waals surface area (Å²) in [6.45, 7) is 1.52. The smallest absolute Gasteiger partial charge is 0.204 e. The number of ketones is 1. The standard InChI is InChI=1S/C15H14O6/c1-7-3-8(16)4-10(17)13(7)15(20)14-11(18)5-9(21-2)6-12(14)19/h3-6,16-19H,1-2H3. The fourth-order valence-corrected chi connectivity index (χ4v) is 2.11. The van der Waals surface area contributed by atoms with Crippen LogP contribution in [0.3, 0.4) is 0 Å². The van der Waals surface area contributed by atoms with Gasteiger partial charge in [-0.15, -0.1) is 0 Å². The van der Waals surface area contributed by atoms with E-state index in [4.69, 9.17) is 4.74 Å². The lowest BCUT2D eigenvalue weighted by atomic mass is 9.96. The Balaban J connectivity index is 2.61. The van der Waals surface area contributed by atoms with Crippen LogP contribution in [-0.2, 0) is 0 Å². The van der Waals surface area contributed by atoms with Crippen LogP contribution in [0.4, 0.5) is 0 Å². The number of phenolic OH excluding ortho intramolecular Hbond substituents is 4. The topological polar surface area (TPSA) is 107 Å². The van der Waals surface area contributed by atoms with Gasteiger partial charge in [-0.2, -0.15) is 0 Å². The molecule has 0 fully saturated rings. The third-order valence-corrected chi connectivity index (χ3v) is 3.06. The first-order chi connectivity index (χ1) is 9.85. The zero-order valence-corrected chi connectivity index (χ0v) is 11.4. The molecule has 0 radical (unpaired) electrons. The molecule has 110 valence electrons. The van der Waals surface area contributed by atoms with Gasteiger partial charge in [-0.3, -0.25) is 4.79 Å². The van der Waals surface area contributed by atoms with Crippen LogP contribution in [0.5, 0.6) is 28.7 Å². The number of rotatable bonds is 3. The maximum Gasteiger partial charge on any atom is 0.204 e. The minimum Gasteiger partial charge on any atom is -0.508 e. The Hall–Kier alpha value is -2.89. The van der Waals surface area contributed by atoms with E-state index in [2.05, 4.69) is 0 Å². The molecule has 0 aliphatic heterocycles. The predicted octanol–water partition coefficient (Wildman–Crippen LogP) is 2.06. The van der Waals surface area contributed by atoms with E-state index in [9.17, 15) is 25.2 Å². The first-order valence-corrected chi connectivity index (χ1v) is 6.02. The van der Waals surface area contributed by atoms with Crippen molar-refractivity contribution >= 4 is 5.78 Å². The molecule has 0 heterocycles. The van der Waals surface area contributed by atoms with Gasteiger partial charge in [0, 0.05) is 18.2 Å². The van der Waals surface area contributed by atoms with Gasteiger partial charge in [0.25, 0.3) is 0 Å².